The number of hydrogen-bond acceptors (Lipinski definition) is 4. The average Bonchev–Trinajstić information content (AvgIpc) is 2.83. The van der Waals surface area contributed by atoms with Gasteiger partial charge in [-0.2, -0.15) is 0 Å². The van der Waals surface area contributed by atoms with Gasteiger partial charge >= 0.3 is 0 Å². The van der Waals surface area contributed by atoms with Crippen molar-refractivity contribution in [1.82, 2.24) is 4.90 Å². The molecule has 35 heavy (non-hydrogen) atoms. The van der Waals surface area contributed by atoms with Gasteiger partial charge in [0.2, 0.25) is 0 Å². The summed E-state index contributed by atoms with van der Waals surface area (Å²) < 4.78 is 5.17. The van der Waals surface area contributed by atoms with E-state index in [2.05, 4.69) is 19.2 Å². The van der Waals surface area contributed by atoms with Crippen LogP contribution in [0.25, 0.3) is 0 Å². The molecule has 0 aliphatic heterocycles. The van der Waals surface area contributed by atoms with Gasteiger partial charge in [-0.15, -0.1) is 0 Å². The maximum absolute atomic E-state index is 13.5. The summed E-state index contributed by atoms with van der Waals surface area (Å²) in [6.07, 6.45) is 0. The number of ether oxygens (including phenoxy) is 1. The number of anilines is 2. The van der Waals surface area contributed by atoms with Gasteiger partial charge in [0.1, 0.15) is 5.75 Å². The van der Waals surface area contributed by atoms with Crippen molar-refractivity contribution in [2.75, 3.05) is 38.0 Å². The van der Waals surface area contributed by atoms with Crippen LogP contribution < -0.4 is 15.0 Å². The zero-order valence-corrected chi connectivity index (χ0v) is 21.5. The molecule has 0 fully saturated rings. The Morgan fingerprint density at radius 3 is 2.26 bits per heavy atom. The van der Waals surface area contributed by atoms with E-state index in [0.29, 0.717) is 41.6 Å². The van der Waals surface area contributed by atoms with E-state index in [1.54, 1.807) is 31.4 Å². The van der Waals surface area contributed by atoms with Gasteiger partial charge < -0.3 is 19.9 Å². The largest absolute Gasteiger partial charge is 0.497 e. The minimum absolute atomic E-state index is 0.000206. The summed E-state index contributed by atoms with van der Waals surface area (Å²) in [6.45, 7) is 7.26. The predicted molar refractivity (Wildman–Crippen MR) is 142 cm³/mol. The molecule has 0 saturated heterocycles. The molecule has 0 atom stereocenters. The summed E-state index contributed by atoms with van der Waals surface area (Å²) in [5, 5.41) is 2.98. The molecule has 0 saturated carbocycles. The highest BCUT2D eigenvalue weighted by Crippen LogP contribution is 2.26. The lowest BCUT2D eigenvalue weighted by molar-refractivity contribution is 0.0722. The van der Waals surface area contributed by atoms with E-state index in [4.69, 9.17) is 4.74 Å². The van der Waals surface area contributed by atoms with Crippen LogP contribution in [-0.2, 0) is 6.54 Å². The molecule has 6 nitrogen and oxygen atoms in total. The normalized spacial score (nSPS) is 10.7. The molecule has 3 rings (SSSR count). The van der Waals surface area contributed by atoms with Crippen molar-refractivity contribution in [2.45, 2.75) is 27.3 Å². The topological polar surface area (TPSA) is 61.9 Å². The van der Waals surface area contributed by atoms with E-state index < -0.39 is 0 Å². The molecular formula is C29H35N3O3. The average molecular weight is 474 g/mol. The van der Waals surface area contributed by atoms with Crippen LogP contribution >= 0.6 is 0 Å². The van der Waals surface area contributed by atoms with Crippen molar-refractivity contribution in [1.29, 1.82) is 0 Å². The first kappa shape index (κ1) is 25.8. The Labute approximate surface area is 208 Å². The van der Waals surface area contributed by atoms with Crippen LogP contribution in [0.3, 0.4) is 0 Å². The fourth-order valence-electron chi connectivity index (χ4n) is 4.00. The van der Waals surface area contributed by atoms with Crippen LogP contribution in [0.15, 0.2) is 66.7 Å². The number of aryl methyl sites for hydroxylation is 1. The second kappa shape index (κ2) is 11.6. The maximum Gasteiger partial charge on any atom is 0.255 e. The van der Waals surface area contributed by atoms with Gasteiger partial charge in [-0.25, -0.2) is 0 Å². The fourth-order valence-corrected chi connectivity index (χ4v) is 4.00. The molecule has 6 heteroatoms. The standard InChI is InChI=1S/C29H35N3O3/c1-20(2)18-32(29(34)23-9-7-8-21(3)16-23)19-24-17-25(12-15-27(24)31(4)5)30-28(33)22-10-13-26(35-6)14-11-22/h7-17,20H,18-19H2,1-6H3,(H,30,33). The van der Waals surface area contributed by atoms with Gasteiger partial charge in [-0.3, -0.25) is 9.59 Å². The van der Waals surface area contributed by atoms with Crippen molar-refractivity contribution in [2.24, 2.45) is 5.92 Å². The molecule has 0 aliphatic carbocycles. The molecule has 1 N–H and O–H groups in total. The molecule has 0 heterocycles. The molecule has 0 bridgehead atoms. The summed E-state index contributed by atoms with van der Waals surface area (Å²) in [4.78, 5) is 30.2. The molecule has 2 amide bonds. The molecule has 0 aromatic heterocycles. The van der Waals surface area contributed by atoms with Crippen LogP contribution in [0.4, 0.5) is 11.4 Å². The van der Waals surface area contributed by atoms with E-state index in [1.165, 1.54) is 0 Å². The smallest absolute Gasteiger partial charge is 0.255 e. The van der Waals surface area contributed by atoms with Crippen molar-refractivity contribution < 1.29 is 14.3 Å². The number of amides is 2. The molecule has 0 unspecified atom stereocenters. The van der Waals surface area contributed by atoms with Crippen LogP contribution in [-0.4, -0.2) is 44.5 Å². The Hall–Kier alpha value is -3.80. The Bertz CT molecular complexity index is 1170. The van der Waals surface area contributed by atoms with Crippen LogP contribution in [0.5, 0.6) is 5.75 Å². The first-order valence-corrected chi connectivity index (χ1v) is 11.8. The number of nitrogens with one attached hydrogen (secondary N) is 1. The highest BCUT2D eigenvalue weighted by atomic mass is 16.5. The maximum atomic E-state index is 13.5. The zero-order valence-electron chi connectivity index (χ0n) is 21.5. The van der Waals surface area contributed by atoms with E-state index in [1.807, 2.05) is 73.3 Å². The summed E-state index contributed by atoms with van der Waals surface area (Å²) >= 11 is 0. The quantitative estimate of drug-likeness (QED) is 0.438. The molecular weight excluding hydrogens is 438 g/mol. The number of nitrogens with zero attached hydrogens (tertiary/aromatic N) is 2. The van der Waals surface area contributed by atoms with Gasteiger partial charge in [0.05, 0.1) is 7.11 Å². The van der Waals surface area contributed by atoms with E-state index in [-0.39, 0.29) is 11.8 Å². The Kier molecular flexibility index (Phi) is 8.53. The second-order valence-corrected chi connectivity index (χ2v) is 9.37. The monoisotopic (exact) mass is 473 g/mol. The minimum Gasteiger partial charge on any atom is -0.497 e. The van der Waals surface area contributed by atoms with Gasteiger partial charge in [0.25, 0.3) is 11.8 Å². The number of hydrogen-bond donors (Lipinski definition) is 1. The highest BCUT2D eigenvalue weighted by Gasteiger charge is 2.20. The minimum atomic E-state index is -0.203. The predicted octanol–water partition coefficient (Wildman–Crippen LogP) is 5.62. The molecule has 3 aromatic carbocycles. The Balaban J connectivity index is 1.89. The van der Waals surface area contributed by atoms with Gasteiger partial charge in [0.15, 0.2) is 0 Å². The first-order chi connectivity index (χ1) is 16.7. The summed E-state index contributed by atoms with van der Waals surface area (Å²) in [7, 11) is 5.54. The van der Waals surface area contributed by atoms with Crippen LogP contribution in [0.2, 0.25) is 0 Å². The zero-order chi connectivity index (χ0) is 25.5. The summed E-state index contributed by atoms with van der Waals surface area (Å²) in [5.74, 6) is 0.804. The lowest BCUT2D eigenvalue weighted by atomic mass is 10.1. The van der Waals surface area contributed by atoms with Crippen molar-refractivity contribution in [3.05, 3.63) is 89.0 Å². The van der Waals surface area contributed by atoms with Gasteiger partial charge in [-0.05, 0) is 73.0 Å². The lowest BCUT2D eigenvalue weighted by Gasteiger charge is -2.28. The lowest BCUT2D eigenvalue weighted by Crippen LogP contribution is -2.34. The molecule has 3 aromatic rings. The highest BCUT2D eigenvalue weighted by molar-refractivity contribution is 6.04. The van der Waals surface area contributed by atoms with Crippen LogP contribution in [0, 0.1) is 12.8 Å². The number of methoxy groups -OCH3 is 1. The number of benzene rings is 3. The molecule has 184 valence electrons. The second-order valence-electron chi connectivity index (χ2n) is 9.37. The molecule has 0 radical (unpaired) electrons. The molecule has 0 aliphatic rings. The van der Waals surface area contributed by atoms with Crippen molar-refractivity contribution in [3.63, 3.8) is 0 Å². The number of carbonyl (C=O) groups is 2. The molecule has 0 spiro atoms. The van der Waals surface area contributed by atoms with E-state index in [9.17, 15) is 9.59 Å². The third-order valence-corrected chi connectivity index (χ3v) is 5.67. The van der Waals surface area contributed by atoms with Crippen LogP contribution in [0.1, 0.15) is 45.7 Å². The third-order valence-electron chi connectivity index (χ3n) is 5.67. The summed E-state index contributed by atoms with van der Waals surface area (Å²) in [6, 6.07) is 20.5. The van der Waals surface area contributed by atoms with Gasteiger partial charge in [0, 0.05) is 49.7 Å². The van der Waals surface area contributed by atoms with Crippen molar-refractivity contribution >= 4 is 23.2 Å². The Morgan fingerprint density at radius 2 is 1.66 bits per heavy atom. The Morgan fingerprint density at radius 1 is 0.943 bits per heavy atom. The summed E-state index contributed by atoms with van der Waals surface area (Å²) in [5.41, 5.74) is 4.92. The van der Waals surface area contributed by atoms with Crippen molar-refractivity contribution in [3.8, 4) is 5.75 Å². The van der Waals surface area contributed by atoms with Gasteiger partial charge in [-0.1, -0.05) is 31.5 Å². The fraction of sp³-hybridized carbons (Fsp3) is 0.310. The van der Waals surface area contributed by atoms with E-state index >= 15 is 0 Å². The number of carbonyl (C=O) groups excluding carboxylic acids is 2. The first-order valence-electron chi connectivity index (χ1n) is 11.8. The third kappa shape index (κ3) is 6.85. The number of rotatable bonds is 9. The SMILES string of the molecule is COc1ccc(C(=O)Nc2ccc(N(C)C)c(CN(CC(C)C)C(=O)c3cccc(C)c3)c2)cc1. The van der Waals surface area contributed by atoms with E-state index in [0.717, 1.165) is 16.8 Å².